The van der Waals surface area contributed by atoms with E-state index in [-0.39, 0.29) is 6.10 Å². The molecule has 0 amide bonds. The molecule has 2 rings (SSSR count). The summed E-state index contributed by atoms with van der Waals surface area (Å²) in [6, 6.07) is -0.449. The standard InChI is InChI=1S/C12H23N3O3/c13-10-2-1-9(18-11(10)16)7-15-8-12(17)3-5-14-6-4-12/h1-2,9-11,14-17H,3-8,13H2/t9-,10+,11-/m0/s1. The van der Waals surface area contributed by atoms with E-state index in [4.69, 9.17) is 10.5 Å². The van der Waals surface area contributed by atoms with Crippen LogP contribution in [-0.2, 0) is 4.74 Å². The first-order valence-corrected chi connectivity index (χ1v) is 6.50. The summed E-state index contributed by atoms with van der Waals surface area (Å²) in [7, 11) is 0. The molecule has 0 spiro atoms. The van der Waals surface area contributed by atoms with Gasteiger partial charge >= 0.3 is 0 Å². The predicted octanol–water partition coefficient (Wildman–Crippen LogP) is -1.71. The van der Waals surface area contributed by atoms with Crippen LogP contribution in [0.2, 0.25) is 0 Å². The summed E-state index contributed by atoms with van der Waals surface area (Å²) in [5.74, 6) is 0. The maximum Gasteiger partial charge on any atom is 0.174 e. The molecule has 0 saturated carbocycles. The van der Waals surface area contributed by atoms with Gasteiger partial charge in [-0.2, -0.15) is 0 Å². The van der Waals surface area contributed by atoms with Gasteiger partial charge in [0.15, 0.2) is 6.29 Å². The van der Waals surface area contributed by atoms with E-state index in [9.17, 15) is 10.2 Å². The van der Waals surface area contributed by atoms with E-state index >= 15 is 0 Å². The second-order valence-corrected chi connectivity index (χ2v) is 5.13. The van der Waals surface area contributed by atoms with Crippen molar-refractivity contribution in [2.24, 2.45) is 5.73 Å². The first-order chi connectivity index (χ1) is 8.59. The van der Waals surface area contributed by atoms with Crippen molar-refractivity contribution in [1.82, 2.24) is 10.6 Å². The Morgan fingerprint density at radius 3 is 2.78 bits per heavy atom. The highest BCUT2D eigenvalue weighted by Gasteiger charge is 2.29. The van der Waals surface area contributed by atoms with Gasteiger partial charge in [0.25, 0.3) is 0 Å². The summed E-state index contributed by atoms with van der Waals surface area (Å²) in [5.41, 5.74) is 4.95. The molecule has 1 fully saturated rings. The quantitative estimate of drug-likeness (QED) is 0.385. The van der Waals surface area contributed by atoms with Crippen LogP contribution in [0, 0.1) is 0 Å². The number of nitrogens with one attached hydrogen (secondary N) is 2. The fraction of sp³-hybridized carbons (Fsp3) is 0.833. The van der Waals surface area contributed by atoms with Crippen LogP contribution in [0.4, 0.5) is 0 Å². The third-order valence-corrected chi connectivity index (χ3v) is 3.53. The molecule has 2 aliphatic rings. The Kier molecular flexibility index (Phi) is 4.71. The smallest absolute Gasteiger partial charge is 0.174 e. The highest BCUT2D eigenvalue weighted by atomic mass is 16.6. The molecule has 0 radical (unpaired) electrons. The largest absolute Gasteiger partial charge is 0.388 e. The number of piperidine rings is 1. The summed E-state index contributed by atoms with van der Waals surface area (Å²) >= 11 is 0. The Morgan fingerprint density at radius 1 is 1.39 bits per heavy atom. The Hall–Kier alpha value is -0.500. The lowest BCUT2D eigenvalue weighted by molar-refractivity contribution is -0.133. The van der Waals surface area contributed by atoms with E-state index in [1.807, 2.05) is 6.08 Å². The molecule has 0 aromatic carbocycles. The van der Waals surface area contributed by atoms with Gasteiger partial charge in [0, 0.05) is 13.1 Å². The average molecular weight is 257 g/mol. The van der Waals surface area contributed by atoms with E-state index in [2.05, 4.69) is 10.6 Å². The third-order valence-electron chi connectivity index (χ3n) is 3.53. The molecular weight excluding hydrogens is 234 g/mol. The van der Waals surface area contributed by atoms with Gasteiger partial charge < -0.3 is 31.3 Å². The van der Waals surface area contributed by atoms with Crippen LogP contribution in [0.1, 0.15) is 12.8 Å². The summed E-state index contributed by atoms with van der Waals surface area (Å²) in [6.45, 7) is 2.82. The van der Waals surface area contributed by atoms with Gasteiger partial charge in [-0.3, -0.25) is 0 Å². The van der Waals surface area contributed by atoms with E-state index in [0.717, 1.165) is 25.9 Å². The van der Waals surface area contributed by atoms with Crippen LogP contribution < -0.4 is 16.4 Å². The number of ether oxygens (including phenoxy) is 1. The number of aliphatic hydroxyl groups is 2. The lowest BCUT2D eigenvalue weighted by atomic mass is 9.92. The molecule has 0 bridgehead atoms. The van der Waals surface area contributed by atoms with Crippen molar-refractivity contribution in [1.29, 1.82) is 0 Å². The van der Waals surface area contributed by atoms with Gasteiger partial charge in [0.2, 0.25) is 0 Å². The van der Waals surface area contributed by atoms with Gasteiger partial charge in [0.05, 0.1) is 17.7 Å². The fourth-order valence-electron chi connectivity index (χ4n) is 2.29. The van der Waals surface area contributed by atoms with Crippen LogP contribution in [0.3, 0.4) is 0 Å². The zero-order valence-electron chi connectivity index (χ0n) is 10.5. The highest BCUT2D eigenvalue weighted by Crippen LogP contribution is 2.16. The molecule has 1 saturated heterocycles. The Labute approximate surface area is 107 Å². The first-order valence-electron chi connectivity index (χ1n) is 6.50. The summed E-state index contributed by atoms with van der Waals surface area (Å²) in [5, 5.41) is 26.1. The van der Waals surface area contributed by atoms with Crippen molar-refractivity contribution in [2.45, 2.75) is 36.9 Å². The van der Waals surface area contributed by atoms with Gasteiger partial charge in [-0.15, -0.1) is 0 Å². The zero-order valence-corrected chi connectivity index (χ0v) is 10.5. The van der Waals surface area contributed by atoms with Crippen molar-refractivity contribution >= 4 is 0 Å². The topological polar surface area (TPSA) is 99.8 Å². The molecule has 2 heterocycles. The molecule has 2 aliphatic heterocycles. The Bertz CT molecular complexity index is 292. The van der Waals surface area contributed by atoms with Crippen molar-refractivity contribution < 1.29 is 14.9 Å². The van der Waals surface area contributed by atoms with Crippen LogP contribution in [0.15, 0.2) is 12.2 Å². The number of hydrogen-bond acceptors (Lipinski definition) is 6. The molecule has 104 valence electrons. The van der Waals surface area contributed by atoms with Crippen molar-refractivity contribution in [3.05, 3.63) is 12.2 Å². The normalized spacial score (nSPS) is 35.6. The summed E-state index contributed by atoms with van der Waals surface area (Å²) < 4.78 is 5.31. The summed E-state index contributed by atoms with van der Waals surface area (Å²) in [6.07, 6.45) is 3.98. The molecule has 0 aromatic rings. The minimum absolute atomic E-state index is 0.190. The second kappa shape index (κ2) is 6.10. The van der Waals surface area contributed by atoms with E-state index in [1.165, 1.54) is 0 Å². The van der Waals surface area contributed by atoms with Gasteiger partial charge in [-0.25, -0.2) is 0 Å². The number of rotatable bonds is 4. The minimum atomic E-state index is -0.941. The molecule has 6 N–H and O–H groups in total. The molecule has 18 heavy (non-hydrogen) atoms. The van der Waals surface area contributed by atoms with E-state index < -0.39 is 17.9 Å². The third kappa shape index (κ3) is 3.74. The van der Waals surface area contributed by atoms with Gasteiger partial charge in [-0.05, 0) is 25.9 Å². The van der Waals surface area contributed by atoms with E-state index in [1.54, 1.807) is 6.08 Å². The van der Waals surface area contributed by atoms with Gasteiger partial charge in [-0.1, -0.05) is 12.2 Å². The lowest BCUT2D eigenvalue weighted by Gasteiger charge is -2.33. The molecule has 0 unspecified atom stereocenters. The molecule has 0 aromatic heterocycles. The van der Waals surface area contributed by atoms with Crippen molar-refractivity contribution in [3.8, 4) is 0 Å². The van der Waals surface area contributed by atoms with Crippen molar-refractivity contribution in [3.63, 3.8) is 0 Å². The zero-order chi connectivity index (χ0) is 13.0. The van der Waals surface area contributed by atoms with Crippen LogP contribution in [-0.4, -0.2) is 60.4 Å². The molecular formula is C12H23N3O3. The van der Waals surface area contributed by atoms with Crippen molar-refractivity contribution in [2.75, 3.05) is 26.2 Å². The minimum Gasteiger partial charge on any atom is -0.388 e. The Balaban J connectivity index is 1.70. The summed E-state index contributed by atoms with van der Waals surface area (Å²) in [4.78, 5) is 0. The predicted molar refractivity (Wildman–Crippen MR) is 67.9 cm³/mol. The van der Waals surface area contributed by atoms with Crippen LogP contribution in [0.5, 0.6) is 0 Å². The number of nitrogens with two attached hydrogens (primary N) is 1. The van der Waals surface area contributed by atoms with Crippen LogP contribution in [0.25, 0.3) is 0 Å². The average Bonchev–Trinajstić information content (AvgIpc) is 2.34. The van der Waals surface area contributed by atoms with Gasteiger partial charge in [0.1, 0.15) is 0 Å². The first kappa shape index (κ1) is 13.9. The molecule has 0 aliphatic carbocycles. The number of aliphatic hydroxyl groups excluding tert-OH is 1. The maximum absolute atomic E-state index is 10.3. The van der Waals surface area contributed by atoms with E-state index in [0.29, 0.717) is 13.1 Å². The lowest BCUT2D eigenvalue weighted by Crippen LogP contribution is -2.50. The molecule has 6 nitrogen and oxygen atoms in total. The number of hydrogen-bond donors (Lipinski definition) is 5. The highest BCUT2D eigenvalue weighted by molar-refractivity contribution is 5.02. The SMILES string of the molecule is N[C@@H]1C=C[C@@H](CNCC2(O)CCNCC2)O[C@@H]1O. The molecule has 3 atom stereocenters. The maximum atomic E-state index is 10.3. The van der Waals surface area contributed by atoms with Crippen LogP contribution >= 0.6 is 0 Å². The molecule has 6 heteroatoms. The Morgan fingerprint density at radius 2 is 2.11 bits per heavy atom. The fourth-order valence-corrected chi connectivity index (χ4v) is 2.29. The second-order valence-electron chi connectivity index (χ2n) is 5.13. The monoisotopic (exact) mass is 257 g/mol.